The second-order valence-corrected chi connectivity index (χ2v) is 13.4. The number of aliphatic hydroxyl groups excluding tert-OH is 2. The summed E-state index contributed by atoms with van der Waals surface area (Å²) in [7, 11) is -1.22. The molecule has 2 fully saturated rings. The molecule has 0 radical (unpaired) electrons. The molecule has 3 heterocycles. The summed E-state index contributed by atoms with van der Waals surface area (Å²) >= 11 is 12.4. The van der Waals surface area contributed by atoms with Crippen LogP contribution in [-0.2, 0) is 9.47 Å². The molecule has 0 aliphatic carbocycles. The number of hydrogen-bond donors (Lipinski definition) is 3. The minimum absolute atomic E-state index is 0.0442. The van der Waals surface area contributed by atoms with Crippen molar-refractivity contribution in [3.63, 3.8) is 0 Å². The van der Waals surface area contributed by atoms with Crippen LogP contribution in [0.1, 0.15) is 6.04 Å². The number of benzene rings is 2. The summed E-state index contributed by atoms with van der Waals surface area (Å²) in [4.78, 5) is 0.802. The molecule has 0 spiro atoms. The molecule has 5 rings (SSSR count). The maximum Gasteiger partial charge on any atom is 0.194 e. The SMILES string of the molecule is [O-][N+]1(CCO[C@H]2C[SH](c3ccc(Cl)c(Cl)c3)[C@H](CO)[C@H](O)[C@@H]2n2cc(-c3cc(F)c(F)c(F)c3)nn2)CCOCC1. The molecule has 0 bridgehead atoms. The minimum Gasteiger partial charge on any atom is -0.633 e. The number of aromatic nitrogens is 3. The van der Waals surface area contributed by atoms with E-state index in [0.717, 1.165) is 17.0 Å². The summed E-state index contributed by atoms with van der Waals surface area (Å²) in [6, 6.07) is 5.89. The number of aliphatic hydroxyl groups is 2. The van der Waals surface area contributed by atoms with Crippen LogP contribution in [0.3, 0.4) is 0 Å². The van der Waals surface area contributed by atoms with Crippen molar-refractivity contribution in [1.82, 2.24) is 15.0 Å². The molecule has 0 amide bonds. The summed E-state index contributed by atoms with van der Waals surface area (Å²) in [5.74, 6) is -3.98. The van der Waals surface area contributed by atoms with Crippen molar-refractivity contribution in [3.05, 3.63) is 69.2 Å². The summed E-state index contributed by atoms with van der Waals surface area (Å²) < 4.78 is 53.7. The predicted molar refractivity (Wildman–Crippen MR) is 149 cm³/mol. The Labute approximate surface area is 246 Å². The third-order valence-corrected chi connectivity index (χ3v) is 11.2. The molecule has 5 atom stereocenters. The Bertz CT molecular complexity index is 1360. The maximum atomic E-state index is 13.9. The molecule has 15 heteroatoms. The van der Waals surface area contributed by atoms with Crippen LogP contribution in [0, 0.1) is 22.7 Å². The van der Waals surface area contributed by atoms with Crippen molar-refractivity contribution in [2.75, 3.05) is 51.8 Å². The van der Waals surface area contributed by atoms with Gasteiger partial charge in [-0.1, -0.05) is 28.4 Å². The molecular weight excluding hydrogens is 608 g/mol. The van der Waals surface area contributed by atoms with E-state index in [9.17, 15) is 28.6 Å². The van der Waals surface area contributed by atoms with E-state index in [0.29, 0.717) is 42.1 Å². The van der Waals surface area contributed by atoms with Gasteiger partial charge in [0.05, 0.1) is 54.9 Å². The fraction of sp³-hybridized carbons (Fsp3) is 0.462. The lowest BCUT2D eigenvalue weighted by Crippen LogP contribution is -2.54. The smallest absolute Gasteiger partial charge is 0.194 e. The average Bonchev–Trinajstić information content (AvgIpc) is 3.43. The van der Waals surface area contributed by atoms with Crippen molar-refractivity contribution in [2.45, 2.75) is 28.4 Å². The predicted octanol–water partition coefficient (Wildman–Crippen LogP) is 3.74. The standard InChI is InChI=1S/C26H29Cl2F3N4O5S/c27-17-2-1-16(11-18(17)28)41-14-22(40-8-5-35(38)3-6-39-7-4-35)25(26(37)23(41)13-36)34-12-21(32-33-34)15-9-19(29)24(31)20(30)10-15/h1-2,9-12,22-23,25-26,36-37,41H,3-8,13-14H2/t22-,23+,25+,26-/m0/s1. The van der Waals surface area contributed by atoms with Crippen LogP contribution in [0.25, 0.3) is 11.3 Å². The quantitative estimate of drug-likeness (QED) is 0.149. The number of morpholine rings is 1. The van der Waals surface area contributed by atoms with Crippen LogP contribution in [0.15, 0.2) is 41.4 Å². The fourth-order valence-electron chi connectivity index (χ4n) is 5.24. The summed E-state index contributed by atoms with van der Waals surface area (Å²) in [5.41, 5.74) is 0.00120. The monoisotopic (exact) mass is 636 g/mol. The highest BCUT2D eigenvalue weighted by molar-refractivity contribution is 8.17. The third kappa shape index (κ3) is 6.53. The van der Waals surface area contributed by atoms with Gasteiger partial charge in [-0.15, -0.1) is 5.10 Å². The first-order valence-electron chi connectivity index (χ1n) is 12.9. The van der Waals surface area contributed by atoms with Crippen molar-refractivity contribution >= 4 is 34.1 Å². The number of quaternary nitrogens is 1. The van der Waals surface area contributed by atoms with Crippen LogP contribution < -0.4 is 0 Å². The molecule has 3 aromatic rings. The molecule has 9 nitrogen and oxygen atoms in total. The van der Waals surface area contributed by atoms with Crippen molar-refractivity contribution in [2.24, 2.45) is 0 Å². The first-order chi connectivity index (χ1) is 19.6. The molecule has 0 saturated carbocycles. The maximum absolute atomic E-state index is 13.9. The Kier molecular flexibility index (Phi) is 9.48. The van der Waals surface area contributed by atoms with Crippen LogP contribution in [0.5, 0.6) is 0 Å². The Morgan fingerprint density at radius 1 is 1.12 bits per heavy atom. The zero-order valence-corrected chi connectivity index (χ0v) is 24.1. The van der Waals surface area contributed by atoms with Gasteiger partial charge in [0.1, 0.15) is 31.4 Å². The van der Waals surface area contributed by atoms with Crippen LogP contribution >= 0.6 is 34.1 Å². The number of nitrogens with zero attached hydrogens (tertiary/aromatic N) is 4. The molecule has 2 aliphatic heterocycles. The van der Waals surface area contributed by atoms with Crippen LogP contribution in [0.2, 0.25) is 10.0 Å². The molecule has 2 aromatic carbocycles. The van der Waals surface area contributed by atoms with E-state index in [-0.39, 0.29) is 31.0 Å². The van der Waals surface area contributed by atoms with Gasteiger partial charge in [-0.25, -0.2) is 28.7 Å². The second-order valence-electron chi connectivity index (χ2n) is 10.1. The van der Waals surface area contributed by atoms with Gasteiger partial charge in [0.25, 0.3) is 0 Å². The fourth-order valence-corrected chi connectivity index (χ4v) is 8.49. The van der Waals surface area contributed by atoms with E-state index in [2.05, 4.69) is 10.3 Å². The molecule has 224 valence electrons. The van der Waals surface area contributed by atoms with Gasteiger partial charge < -0.3 is 29.5 Å². The summed E-state index contributed by atoms with van der Waals surface area (Å²) in [5, 5.41) is 43.1. The van der Waals surface area contributed by atoms with Gasteiger partial charge in [0.15, 0.2) is 17.5 Å². The lowest BCUT2D eigenvalue weighted by Gasteiger charge is -2.47. The van der Waals surface area contributed by atoms with Crippen LogP contribution in [0.4, 0.5) is 13.2 Å². The van der Waals surface area contributed by atoms with Crippen molar-refractivity contribution in [3.8, 4) is 11.3 Å². The lowest BCUT2D eigenvalue weighted by atomic mass is 10.0. The molecule has 1 aromatic heterocycles. The zero-order chi connectivity index (χ0) is 29.3. The van der Waals surface area contributed by atoms with Gasteiger partial charge in [-0.3, -0.25) is 0 Å². The second kappa shape index (κ2) is 12.7. The lowest BCUT2D eigenvalue weighted by molar-refractivity contribution is -0.889. The molecule has 41 heavy (non-hydrogen) atoms. The Morgan fingerprint density at radius 2 is 1.83 bits per heavy atom. The van der Waals surface area contributed by atoms with E-state index < -0.39 is 56.5 Å². The average molecular weight is 638 g/mol. The van der Waals surface area contributed by atoms with Gasteiger partial charge in [-0.2, -0.15) is 0 Å². The number of thiol groups is 1. The van der Waals surface area contributed by atoms with E-state index in [1.54, 1.807) is 18.2 Å². The summed E-state index contributed by atoms with van der Waals surface area (Å²) in [6.45, 7) is 1.24. The molecule has 1 unspecified atom stereocenters. The minimum atomic E-state index is -1.60. The first-order valence-corrected chi connectivity index (χ1v) is 15.3. The molecule has 2 saturated heterocycles. The van der Waals surface area contributed by atoms with Gasteiger partial charge in [0.2, 0.25) is 0 Å². The highest BCUT2D eigenvalue weighted by atomic mass is 35.5. The number of halogens is 5. The number of hydroxylamine groups is 3. The molecular formula is C26H29Cl2F3N4O5S. The zero-order valence-electron chi connectivity index (χ0n) is 21.7. The van der Waals surface area contributed by atoms with Crippen molar-refractivity contribution < 1.29 is 37.5 Å². The van der Waals surface area contributed by atoms with Gasteiger partial charge >= 0.3 is 0 Å². The topological polar surface area (TPSA) is 113 Å². The largest absolute Gasteiger partial charge is 0.633 e. The van der Waals surface area contributed by atoms with Crippen LogP contribution in [-0.4, -0.2) is 99.1 Å². The van der Waals surface area contributed by atoms with E-state index in [4.69, 9.17) is 32.7 Å². The van der Waals surface area contributed by atoms with Crippen molar-refractivity contribution in [1.29, 1.82) is 0 Å². The Balaban J connectivity index is 1.45. The molecule has 2 N–H and O–H groups in total. The summed E-state index contributed by atoms with van der Waals surface area (Å²) in [6.07, 6.45) is -0.493. The normalized spacial score (nSPS) is 27.2. The highest BCUT2D eigenvalue weighted by Crippen LogP contribution is 2.51. The van der Waals surface area contributed by atoms with E-state index in [1.807, 2.05) is 0 Å². The van der Waals surface area contributed by atoms with E-state index in [1.165, 1.54) is 10.9 Å². The highest BCUT2D eigenvalue weighted by Gasteiger charge is 2.45. The first kappa shape index (κ1) is 30.5. The number of hydrogen-bond acceptors (Lipinski definition) is 7. The van der Waals surface area contributed by atoms with Gasteiger partial charge in [-0.05, 0) is 35.2 Å². The Morgan fingerprint density at radius 3 is 2.49 bits per heavy atom. The van der Waals surface area contributed by atoms with E-state index >= 15 is 0 Å². The third-order valence-electron chi connectivity index (χ3n) is 7.54. The molecule has 2 aliphatic rings. The number of rotatable bonds is 8. The Hall–Kier alpha value is -1.94. The van der Waals surface area contributed by atoms with Gasteiger partial charge in [0, 0.05) is 16.6 Å². The number of ether oxygens (including phenoxy) is 2.